The second-order valence-electron chi connectivity index (χ2n) is 7.00. The molecule has 0 aliphatic heterocycles. The quantitative estimate of drug-likeness (QED) is 0.491. The molecule has 0 radical (unpaired) electrons. The Morgan fingerprint density at radius 1 is 1.16 bits per heavy atom. The second kappa shape index (κ2) is 8.53. The van der Waals surface area contributed by atoms with Crippen molar-refractivity contribution in [3.05, 3.63) is 65.9 Å². The van der Waals surface area contributed by atoms with Crippen LogP contribution in [0.15, 0.2) is 59.1 Å². The van der Waals surface area contributed by atoms with Gasteiger partial charge < -0.3 is 20.4 Å². The minimum Gasteiger partial charge on any atom is -0.401 e. The lowest BCUT2D eigenvalue weighted by Gasteiger charge is -2.10. The van der Waals surface area contributed by atoms with E-state index in [4.69, 9.17) is 15.4 Å². The number of nitrogens with one attached hydrogen (secondary N) is 1. The number of rotatable bonds is 5. The Bertz CT molecular complexity index is 1320. The van der Waals surface area contributed by atoms with E-state index in [9.17, 15) is 4.79 Å². The van der Waals surface area contributed by atoms with Crippen LogP contribution in [0.3, 0.4) is 0 Å². The summed E-state index contributed by atoms with van der Waals surface area (Å²) in [5.41, 5.74) is 9.20. The molecule has 0 aliphatic rings. The molecule has 0 fully saturated rings. The molecule has 2 aromatic heterocycles. The topological polar surface area (TPSA) is 147 Å². The summed E-state index contributed by atoms with van der Waals surface area (Å²) < 4.78 is 5.65. The van der Waals surface area contributed by atoms with Gasteiger partial charge in [0.2, 0.25) is 0 Å². The van der Waals surface area contributed by atoms with E-state index in [1.165, 1.54) is 11.1 Å². The summed E-state index contributed by atoms with van der Waals surface area (Å²) in [6, 6.07) is 16.0. The van der Waals surface area contributed by atoms with Crippen LogP contribution in [0.1, 0.15) is 15.9 Å². The molecule has 2 heterocycles. The number of anilines is 3. The molecule has 0 saturated carbocycles. The first-order valence-corrected chi connectivity index (χ1v) is 9.50. The summed E-state index contributed by atoms with van der Waals surface area (Å²) in [6.07, 6.45) is 1.53. The van der Waals surface area contributed by atoms with Crippen molar-refractivity contribution in [3.8, 4) is 28.9 Å². The zero-order valence-corrected chi connectivity index (χ0v) is 17.3. The number of aromatic nitrogens is 4. The van der Waals surface area contributed by atoms with Crippen LogP contribution in [-0.4, -0.2) is 45.1 Å². The number of nitrogen functional groups attached to an aromatic ring is 1. The average Bonchev–Trinajstić information content (AvgIpc) is 3.27. The molecule has 32 heavy (non-hydrogen) atoms. The van der Waals surface area contributed by atoms with Crippen molar-refractivity contribution in [1.82, 2.24) is 25.1 Å². The van der Waals surface area contributed by atoms with Crippen LogP contribution >= 0.6 is 0 Å². The molecule has 4 aromatic rings. The van der Waals surface area contributed by atoms with Gasteiger partial charge >= 0.3 is 6.01 Å². The van der Waals surface area contributed by atoms with Gasteiger partial charge in [-0.1, -0.05) is 23.3 Å². The molecule has 3 N–H and O–H groups in total. The van der Waals surface area contributed by atoms with E-state index < -0.39 is 0 Å². The van der Waals surface area contributed by atoms with Gasteiger partial charge in [-0.2, -0.15) is 5.26 Å². The Labute approximate surface area is 183 Å². The molecule has 0 bridgehead atoms. The van der Waals surface area contributed by atoms with Gasteiger partial charge in [0.1, 0.15) is 0 Å². The first-order chi connectivity index (χ1) is 15.4. The number of hydrogen-bond acceptors (Lipinski definition) is 9. The Morgan fingerprint density at radius 2 is 1.94 bits per heavy atom. The molecule has 0 spiro atoms. The first kappa shape index (κ1) is 20.5. The average molecular weight is 426 g/mol. The third kappa shape index (κ3) is 4.22. The van der Waals surface area contributed by atoms with Crippen LogP contribution in [0.5, 0.6) is 0 Å². The van der Waals surface area contributed by atoms with Gasteiger partial charge in [0.15, 0.2) is 11.5 Å². The molecule has 158 valence electrons. The van der Waals surface area contributed by atoms with Crippen molar-refractivity contribution in [1.29, 1.82) is 5.26 Å². The van der Waals surface area contributed by atoms with Crippen LogP contribution in [0, 0.1) is 11.3 Å². The molecule has 10 heteroatoms. The van der Waals surface area contributed by atoms with Gasteiger partial charge in [0.05, 0.1) is 23.5 Å². The number of carbonyl (C=O) groups excluding carboxylic acids is 1. The molecule has 0 atom stereocenters. The van der Waals surface area contributed by atoms with Crippen LogP contribution < -0.4 is 11.1 Å². The van der Waals surface area contributed by atoms with Crippen molar-refractivity contribution in [2.24, 2.45) is 0 Å². The van der Waals surface area contributed by atoms with Crippen LogP contribution in [-0.2, 0) is 0 Å². The van der Waals surface area contributed by atoms with Gasteiger partial charge in [-0.15, -0.1) is 5.10 Å². The van der Waals surface area contributed by atoms with Gasteiger partial charge in [-0.3, -0.25) is 4.79 Å². The van der Waals surface area contributed by atoms with Gasteiger partial charge in [0.25, 0.3) is 11.8 Å². The summed E-state index contributed by atoms with van der Waals surface area (Å²) in [7, 11) is 3.39. The Morgan fingerprint density at radius 3 is 2.66 bits per heavy atom. The van der Waals surface area contributed by atoms with Gasteiger partial charge in [-0.25, -0.2) is 9.97 Å². The van der Waals surface area contributed by atoms with Crippen molar-refractivity contribution in [2.45, 2.75) is 0 Å². The fourth-order valence-corrected chi connectivity index (χ4v) is 2.90. The molecular formula is C22H18N8O2. The lowest BCUT2D eigenvalue weighted by atomic mass is 10.1. The molecule has 0 aliphatic carbocycles. The van der Waals surface area contributed by atoms with Crippen LogP contribution in [0.25, 0.3) is 22.8 Å². The Hall–Kier alpha value is -4.78. The van der Waals surface area contributed by atoms with Crippen molar-refractivity contribution >= 4 is 23.4 Å². The molecular weight excluding hydrogens is 408 g/mol. The summed E-state index contributed by atoms with van der Waals surface area (Å²) in [6.45, 7) is 0. The Kier molecular flexibility index (Phi) is 5.46. The number of nitrogens with two attached hydrogens (primary N) is 1. The largest absolute Gasteiger partial charge is 0.401 e. The molecule has 0 saturated heterocycles. The van der Waals surface area contributed by atoms with Gasteiger partial charge in [-0.05, 0) is 30.3 Å². The van der Waals surface area contributed by atoms with E-state index in [0.717, 1.165) is 5.56 Å². The van der Waals surface area contributed by atoms with Crippen molar-refractivity contribution < 1.29 is 9.21 Å². The number of hydrogen-bond donors (Lipinski definition) is 2. The van der Waals surface area contributed by atoms with Crippen molar-refractivity contribution in [3.63, 3.8) is 0 Å². The molecule has 1 amide bonds. The maximum absolute atomic E-state index is 12.1. The van der Waals surface area contributed by atoms with E-state index in [1.54, 1.807) is 62.6 Å². The standard InChI is InChI=1S/C22H18N8O2/c1-30(2)21(31)15-8-6-14(7-9-15)17-12-25-19(24)18(27-17)20-28-29-22(32-20)26-16-5-3-4-13(10-16)11-23/h3-10,12H,1-2H3,(H2,24,25)(H,26,29). The molecule has 4 rings (SSSR count). The number of nitriles is 1. The van der Waals surface area contributed by atoms with Gasteiger partial charge in [0, 0.05) is 30.9 Å². The highest BCUT2D eigenvalue weighted by Crippen LogP contribution is 2.27. The first-order valence-electron chi connectivity index (χ1n) is 9.50. The minimum atomic E-state index is -0.0909. The van der Waals surface area contributed by atoms with Crippen LogP contribution in [0.2, 0.25) is 0 Å². The van der Waals surface area contributed by atoms with E-state index in [0.29, 0.717) is 22.5 Å². The smallest absolute Gasteiger partial charge is 0.320 e. The highest BCUT2D eigenvalue weighted by atomic mass is 16.4. The van der Waals surface area contributed by atoms with E-state index >= 15 is 0 Å². The summed E-state index contributed by atoms with van der Waals surface area (Å²) in [5, 5.41) is 19.9. The van der Waals surface area contributed by atoms with Crippen LogP contribution in [0.4, 0.5) is 17.5 Å². The number of benzene rings is 2. The summed E-state index contributed by atoms with van der Waals surface area (Å²) >= 11 is 0. The molecule has 0 unspecified atom stereocenters. The number of carbonyl (C=O) groups is 1. The summed E-state index contributed by atoms with van der Waals surface area (Å²) in [4.78, 5) is 22.3. The fraction of sp³-hybridized carbons (Fsp3) is 0.0909. The summed E-state index contributed by atoms with van der Waals surface area (Å²) in [5.74, 6) is 0.136. The monoisotopic (exact) mass is 426 g/mol. The predicted octanol–water partition coefficient (Wildman–Crippen LogP) is 3.09. The highest BCUT2D eigenvalue weighted by Gasteiger charge is 2.16. The van der Waals surface area contributed by atoms with Crippen molar-refractivity contribution in [2.75, 3.05) is 25.1 Å². The zero-order valence-electron chi connectivity index (χ0n) is 17.3. The zero-order chi connectivity index (χ0) is 22.7. The normalized spacial score (nSPS) is 10.4. The maximum atomic E-state index is 12.1. The second-order valence-corrected chi connectivity index (χ2v) is 7.00. The van der Waals surface area contributed by atoms with E-state index in [2.05, 4.69) is 31.6 Å². The molecule has 10 nitrogen and oxygen atoms in total. The predicted molar refractivity (Wildman–Crippen MR) is 118 cm³/mol. The fourth-order valence-electron chi connectivity index (χ4n) is 2.90. The lowest BCUT2D eigenvalue weighted by molar-refractivity contribution is 0.0827. The number of amides is 1. The maximum Gasteiger partial charge on any atom is 0.320 e. The lowest BCUT2D eigenvalue weighted by Crippen LogP contribution is -2.21. The van der Waals surface area contributed by atoms with E-state index in [1.807, 2.05) is 0 Å². The number of nitrogens with zero attached hydrogens (tertiary/aromatic N) is 6. The SMILES string of the molecule is CN(C)C(=O)c1ccc(-c2cnc(N)c(-c3nnc(Nc4cccc(C#N)c4)o3)n2)cc1. The molecule has 2 aromatic carbocycles. The highest BCUT2D eigenvalue weighted by molar-refractivity contribution is 5.94. The third-order valence-electron chi connectivity index (χ3n) is 4.51. The Balaban J connectivity index is 1.60. The van der Waals surface area contributed by atoms with E-state index in [-0.39, 0.29) is 29.3 Å². The minimum absolute atomic E-state index is 0.0909. The third-order valence-corrected chi connectivity index (χ3v) is 4.51.